The van der Waals surface area contributed by atoms with E-state index in [1.165, 1.54) is 11.1 Å². The molecule has 1 heterocycles. The van der Waals surface area contributed by atoms with E-state index in [1.807, 2.05) is 24.3 Å². The number of aryl methyl sites for hydroxylation is 2. The molecule has 0 aliphatic carbocycles. The minimum atomic E-state index is 0. The fraction of sp³-hybridized carbons (Fsp3) is 0.222. The number of halogens is 1. The molecule has 3 aromatic rings. The summed E-state index contributed by atoms with van der Waals surface area (Å²) in [6.07, 6.45) is 0.726. The third-order valence-electron chi connectivity index (χ3n) is 3.56. The Morgan fingerprint density at radius 1 is 1.17 bits per heavy atom. The molecule has 0 aliphatic heterocycles. The van der Waals surface area contributed by atoms with Crippen molar-refractivity contribution in [2.24, 2.45) is 10.7 Å². The van der Waals surface area contributed by atoms with Crippen LogP contribution < -0.4 is 11.1 Å². The van der Waals surface area contributed by atoms with Crippen molar-refractivity contribution in [3.63, 3.8) is 0 Å². The number of fused-ring (bicyclic) bond motifs is 1. The first-order valence-electron chi connectivity index (χ1n) is 7.69. The summed E-state index contributed by atoms with van der Waals surface area (Å²) in [4.78, 5) is 12.2. The number of anilines is 1. The van der Waals surface area contributed by atoms with Crippen molar-refractivity contribution >= 4 is 46.7 Å². The van der Waals surface area contributed by atoms with Crippen molar-refractivity contribution in [3.8, 4) is 0 Å². The third kappa shape index (κ3) is 4.70. The zero-order chi connectivity index (χ0) is 16.2. The molecule has 0 atom stereocenters. The van der Waals surface area contributed by atoms with Gasteiger partial charge in [-0.1, -0.05) is 18.2 Å². The van der Waals surface area contributed by atoms with E-state index in [9.17, 15) is 0 Å². The number of H-pyrrole nitrogens is 1. The van der Waals surface area contributed by atoms with Gasteiger partial charge < -0.3 is 16.0 Å². The van der Waals surface area contributed by atoms with Crippen LogP contribution in [0.25, 0.3) is 11.0 Å². The summed E-state index contributed by atoms with van der Waals surface area (Å²) in [7, 11) is 0. The molecule has 0 spiro atoms. The summed E-state index contributed by atoms with van der Waals surface area (Å²) in [6, 6.07) is 14.2. The second-order valence-corrected chi connectivity index (χ2v) is 5.72. The molecule has 3 rings (SSSR count). The summed E-state index contributed by atoms with van der Waals surface area (Å²) < 4.78 is 0. The molecule has 0 saturated heterocycles. The number of rotatable bonds is 4. The van der Waals surface area contributed by atoms with Gasteiger partial charge in [-0.3, -0.25) is 4.99 Å². The largest absolute Gasteiger partial charge is 0.370 e. The quantitative estimate of drug-likeness (QED) is 0.332. The van der Waals surface area contributed by atoms with Crippen molar-refractivity contribution in [1.29, 1.82) is 0 Å². The lowest BCUT2D eigenvalue weighted by molar-refractivity contribution is 0.898. The summed E-state index contributed by atoms with van der Waals surface area (Å²) in [5.41, 5.74) is 11.3. The standard InChI is InChI=1S/C18H21N5.HI/c1-12-9-13(2)11-14(10-12)21-18(19)20-8-7-17-22-15-5-3-4-6-16(15)23-17;/h3-6,9-11H,7-8H2,1-2H3,(H,22,23)(H3,19,20,21);1H. The molecule has 0 fully saturated rings. The maximum absolute atomic E-state index is 5.95. The highest BCUT2D eigenvalue weighted by molar-refractivity contribution is 14.0. The van der Waals surface area contributed by atoms with E-state index in [2.05, 4.69) is 52.3 Å². The Hall–Kier alpha value is -2.09. The molecular formula is C18H22IN5. The monoisotopic (exact) mass is 435 g/mol. The highest BCUT2D eigenvalue weighted by atomic mass is 127. The molecule has 0 radical (unpaired) electrons. The Morgan fingerprint density at radius 2 is 1.88 bits per heavy atom. The maximum atomic E-state index is 5.95. The van der Waals surface area contributed by atoms with Crippen molar-refractivity contribution in [3.05, 3.63) is 59.4 Å². The first-order valence-corrected chi connectivity index (χ1v) is 7.69. The lowest BCUT2D eigenvalue weighted by Gasteiger charge is -2.07. The lowest BCUT2D eigenvalue weighted by atomic mass is 10.1. The van der Waals surface area contributed by atoms with E-state index in [-0.39, 0.29) is 24.0 Å². The highest BCUT2D eigenvalue weighted by Gasteiger charge is 2.02. The summed E-state index contributed by atoms with van der Waals surface area (Å²) in [6.45, 7) is 4.71. The average molecular weight is 435 g/mol. The molecule has 0 unspecified atom stereocenters. The van der Waals surface area contributed by atoms with E-state index in [1.54, 1.807) is 0 Å². The predicted octanol–water partition coefficient (Wildman–Crippen LogP) is 3.77. The fourth-order valence-corrected chi connectivity index (χ4v) is 2.64. The maximum Gasteiger partial charge on any atom is 0.193 e. The van der Waals surface area contributed by atoms with Crippen LogP contribution in [0.4, 0.5) is 5.69 Å². The SMILES string of the molecule is Cc1cc(C)cc(NC(N)=NCCc2nc3ccccc3[nH]2)c1.I. The van der Waals surface area contributed by atoms with Gasteiger partial charge in [-0.15, -0.1) is 24.0 Å². The Kier molecular flexibility index (Phi) is 6.19. The van der Waals surface area contributed by atoms with Gasteiger partial charge in [0.05, 0.1) is 11.0 Å². The average Bonchev–Trinajstić information content (AvgIpc) is 2.88. The molecule has 5 nitrogen and oxygen atoms in total. The second-order valence-electron chi connectivity index (χ2n) is 5.72. The van der Waals surface area contributed by atoms with Crippen LogP contribution in [0.5, 0.6) is 0 Å². The topological polar surface area (TPSA) is 79.1 Å². The minimum Gasteiger partial charge on any atom is -0.370 e. The first-order chi connectivity index (χ1) is 11.1. The van der Waals surface area contributed by atoms with Gasteiger partial charge in [-0.2, -0.15) is 0 Å². The van der Waals surface area contributed by atoms with Crippen molar-refractivity contribution in [2.75, 3.05) is 11.9 Å². The molecule has 0 bridgehead atoms. The zero-order valence-electron chi connectivity index (χ0n) is 13.8. The number of benzene rings is 2. The second kappa shape index (κ2) is 8.14. The summed E-state index contributed by atoms with van der Waals surface area (Å²) in [5, 5.41) is 3.13. The number of guanidine groups is 1. The fourth-order valence-electron chi connectivity index (χ4n) is 2.64. The molecule has 0 aliphatic rings. The normalized spacial score (nSPS) is 11.3. The first kappa shape index (κ1) is 18.3. The van der Waals surface area contributed by atoms with Crippen molar-refractivity contribution < 1.29 is 0 Å². The molecule has 1 aromatic heterocycles. The highest BCUT2D eigenvalue weighted by Crippen LogP contribution is 2.13. The van der Waals surface area contributed by atoms with E-state index in [0.717, 1.165) is 29.0 Å². The molecule has 0 amide bonds. The van der Waals surface area contributed by atoms with Crippen LogP contribution in [-0.2, 0) is 6.42 Å². The van der Waals surface area contributed by atoms with Gasteiger partial charge in [0.15, 0.2) is 5.96 Å². The molecule has 126 valence electrons. The minimum absolute atomic E-state index is 0. The number of aromatic nitrogens is 2. The number of aromatic amines is 1. The number of hydrogen-bond donors (Lipinski definition) is 3. The molecule has 0 saturated carbocycles. The van der Waals surface area contributed by atoms with E-state index >= 15 is 0 Å². The van der Waals surface area contributed by atoms with Crippen LogP contribution >= 0.6 is 24.0 Å². The number of imidazole rings is 1. The third-order valence-corrected chi connectivity index (χ3v) is 3.56. The van der Waals surface area contributed by atoms with Crippen LogP contribution in [0.1, 0.15) is 17.0 Å². The van der Waals surface area contributed by atoms with Crippen LogP contribution in [-0.4, -0.2) is 22.5 Å². The smallest absolute Gasteiger partial charge is 0.193 e. The zero-order valence-corrected chi connectivity index (χ0v) is 16.2. The summed E-state index contributed by atoms with van der Waals surface area (Å²) in [5.74, 6) is 1.35. The van der Waals surface area contributed by atoms with Gasteiger partial charge in [-0.05, 0) is 49.2 Å². The molecule has 6 heteroatoms. The predicted molar refractivity (Wildman–Crippen MR) is 111 cm³/mol. The van der Waals surface area contributed by atoms with E-state index in [0.29, 0.717) is 12.5 Å². The lowest BCUT2D eigenvalue weighted by Crippen LogP contribution is -2.23. The molecule has 2 aromatic carbocycles. The Balaban J connectivity index is 0.00000208. The number of nitrogens with zero attached hydrogens (tertiary/aromatic N) is 2. The van der Waals surface area contributed by atoms with Gasteiger partial charge in [0.2, 0.25) is 0 Å². The van der Waals surface area contributed by atoms with Crippen LogP contribution in [0.3, 0.4) is 0 Å². The number of nitrogens with two attached hydrogens (primary N) is 1. The molecular weight excluding hydrogens is 413 g/mol. The van der Waals surface area contributed by atoms with Crippen LogP contribution in [0.2, 0.25) is 0 Å². The van der Waals surface area contributed by atoms with Gasteiger partial charge in [0, 0.05) is 18.7 Å². The Labute approximate surface area is 158 Å². The Bertz CT molecular complexity index is 800. The molecule has 4 N–H and O–H groups in total. The van der Waals surface area contributed by atoms with Gasteiger partial charge >= 0.3 is 0 Å². The summed E-state index contributed by atoms with van der Waals surface area (Å²) >= 11 is 0. The van der Waals surface area contributed by atoms with Gasteiger partial charge in [0.1, 0.15) is 5.82 Å². The number of aliphatic imine (C=N–C) groups is 1. The van der Waals surface area contributed by atoms with Crippen molar-refractivity contribution in [2.45, 2.75) is 20.3 Å². The number of hydrogen-bond acceptors (Lipinski definition) is 2. The van der Waals surface area contributed by atoms with Crippen LogP contribution in [0, 0.1) is 13.8 Å². The Morgan fingerprint density at radius 3 is 2.58 bits per heavy atom. The number of nitrogens with one attached hydrogen (secondary N) is 2. The van der Waals surface area contributed by atoms with E-state index < -0.39 is 0 Å². The van der Waals surface area contributed by atoms with Crippen LogP contribution in [0.15, 0.2) is 47.5 Å². The number of para-hydroxylation sites is 2. The van der Waals surface area contributed by atoms with E-state index in [4.69, 9.17) is 5.73 Å². The van der Waals surface area contributed by atoms with Gasteiger partial charge in [0.25, 0.3) is 0 Å². The van der Waals surface area contributed by atoms with Crippen molar-refractivity contribution in [1.82, 2.24) is 9.97 Å². The van der Waals surface area contributed by atoms with Gasteiger partial charge in [-0.25, -0.2) is 4.98 Å². The molecule has 24 heavy (non-hydrogen) atoms.